The second-order valence-electron chi connectivity index (χ2n) is 3.65. The zero-order valence-corrected chi connectivity index (χ0v) is 9.61. The molecule has 0 saturated heterocycles. The number of amides is 1. The predicted molar refractivity (Wildman–Crippen MR) is 66.5 cm³/mol. The quantitative estimate of drug-likeness (QED) is 0.407. The molecule has 5 N–H and O–H groups in total. The molecule has 2 rings (SSSR count). The van der Waals surface area contributed by atoms with E-state index < -0.39 is 10.8 Å². The highest BCUT2D eigenvalue weighted by molar-refractivity contribution is 5.90. The van der Waals surface area contributed by atoms with E-state index in [2.05, 4.69) is 10.5 Å². The van der Waals surface area contributed by atoms with Crippen molar-refractivity contribution < 1.29 is 9.72 Å². The number of nitro benzene ring substituents is 1. The Labute approximate surface area is 106 Å². The topological polar surface area (TPSA) is 142 Å². The number of nitrogens with one attached hydrogen (secondary N) is 1. The molecule has 1 heterocycles. The molecule has 1 amide bonds. The van der Waals surface area contributed by atoms with E-state index in [0.29, 0.717) is 11.4 Å². The van der Waals surface area contributed by atoms with E-state index in [9.17, 15) is 14.9 Å². The first-order valence-electron chi connectivity index (χ1n) is 5.13. The summed E-state index contributed by atoms with van der Waals surface area (Å²) in [4.78, 5) is 21.2. The minimum absolute atomic E-state index is 0.0637. The number of hydrogen-bond donors (Lipinski definition) is 3. The molecular formula is C10H10N6O3. The lowest BCUT2D eigenvalue weighted by molar-refractivity contribution is -0.384. The first kappa shape index (κ1) is 12.5. The first-order chi connectivity index (χ1) is 9.01. The van der Waals surface area contributed by atoms with Gasteiger partial charge in [0.1, 0.15) is 5.69 Å². The van der Waals surface area contributed by atoms with Crippen LogP contribution >= 0.6 is 0 Å². The van der Waals surface area contributed by atoms with Crippen molar-refractivity contribution in [2.45, 2.75) is 0 Å². The number of primary amides is 1. The molecule has 0 spiro atoms. The maximum absolute atomic E-state index is 10.9. The molecule has 0 unspecified atom stereocenters. The molecule has 0 aliphatic heterocycles. The van der Waals surface area contributed by atoms with E-state index >= 15 is 0 Å². The predicted octanol–water partition coefficient (Wildman–Crippen LogP) is 0.165. The van der Waals surface area contributed by atoms with Gasteiger partial charge in [0.15, 0.2) is 0 Å². The summed E-state index contributed by atoms with van der Waals surface area (Å²) in [6.45, 7) is 0. The zero-order chi connectivity index (χ0) is 14.0. The van der Waals surface area contributed by atoms with Gasteiger partial charge < -0.3 is 11.2 Å². The fourth-order valence-electron chi connectivity index (χ4n) is 1.52. The molecule has 9 heteroatoms. The number of nitro groups is 1. The summed E-state index contributed by atoms with van der Waals surface area (Å²) in [5.74, 6) is 4.56. The van der Waals surface area contributed by atoms with Crippen molar-refractivity contribution >= 4 is 17.3 Å². The highest BCUT2D eigenvalue weighted by Crippen LogP contribution is 2.22. The SMILES string of the molecule is NNc1cc(-n2ccc(C(N)=O)n2)cc([N+](=O)[O-])c1. The van der Waals surface area contributed by atoms with Gasteiger partial charge in [0.25, 0.3) is 11.6 Å². The lowest BCUT2D eigenvalue weighted by Crippen LogP contribution is -2.12. The van der Waals surface area contributed by atoms with E-state index in [1.165, 1.54) is 29.1 Å². The fourth-order valence-corrected chi connectivity index (χ4v) is 1.52. The normalized spacial score (nSPS) is 10.2. The number of nitrogens with zero attached hydrogens (tertiary/aromatic N) is 3. The summed E-state index contributed by atoms with van der Waals surface area (Å²) in [5, 5.41) is 14.7. The average molecular weight is 262 g/mol. The van der Waals surface area contributed by atoms with Crippen molar-refractivity contribution in [3.63, 3.8) is 0 Å². The van der Waals surface area contributed by atoms with Crippen molar-refractivity contribution in [2.24, 2.45) is 11.6 Å². The molecule has 2 aromatic rings. The molecule has 0 fully saturated rings. The number of rotatable bonds is 4. The number of nitrogen functional groups attached to an aromatic ring is 1. The molecule has 98 valence electrons. The summed E-state index contributed by atoms with van der Waals surface area (Å²) in [5.41, 5.74) is 8.05. The van der Waals surface area contributed by atoms with Crippen LogP contribution in [0.5, 0.6) is 0 Å². The van der Waals surface area contributed by atoms with Gasteiger partial charge in [-0.2, -0.15) is 5.10 Å². The molecule has 0 aliphatic carbocycles. The third-order valence-corrected chi connectivity index (χ3v) is 2.39. The second kappa shape index (κ2) is 4.74. The van der Waals surface area contributed by atoms with Gasteiger partial charge in [-0.25, -0.2) is 4.68 Å². The van der Waals surface area contributed by atoms with E-state index in [0.717, 1.165) is 0 Å². The molecule has 1 aromatic heterocycles. The first-order valence-corrected chi connectivity index (χ1v) is 5.13. The molecular weight excluding hydrogens is 252 g/mol. The van der Waals surface area contributed by atoms with Gasteiger partial charge in [0.05, 0.1) is 16.3 Å². The summed E-state index contributed by atoms with van der Waals surface area (Å²) in [7, 11) is 0. The molecule has 0 atom stereocenters. The number of nitrogens with two attached hydrogens (primary N) is 2. The average Bonchev–Trinajstić information content (AvgIpc) is 2.87. The lowest BCUT2D eigenvalue weighted by atomic mass is 10.2. The maximum atomic E-state index is 10.9. The number of benzene rings is 1. The van der Waals surface area contributed by atoms with Gasteiger partial charge in [-0.05, 0) is 12.1 Å². The van der Waals surface area contributed by atoms with Crippen molar-refractivity contribution in [1.82, 2.24) is 9.78 Å². The minimum Gasteiger partial charge on any atom is -0.364 e. The van der Waals surface area contributed by atoms with Crippen LogP contribution in [-0.2, 0) is 0 Å². The molecule has 0 bridgehead atoms. The van der Waals surface area contributed by atoms with Gasteiger partial charge in [-0.15, -0.1) is 0 Å². The van der Waals surface area contributed by atoms with E-state index in [4.69, 9.17) is 11.6 Å². The number of hydrazine groups is 1. The van der Waals surface area contributed by atoms with E-state index in [-0.39, 0.29) is 11.4 Å². The van der Waals surface area contributed by atoms with E-state index in [1.807, 2.05) is 0 Å². The summed E-state index contributed by atoms with van der Waals surface area (Å²) in [6, 6.07) is 5.54. The maximum Gasteiger partial charge on any atom is 0.273 e. The number of anilines is 1. The minimum atomic E-state index is -0.679. The van der Waals surface area contributed by atoms with Crippen LogP contribution < -0.4 is 17.0 Å². The summed E-state index contributed by atoms with van der Waals surface area (Å²) < 4.78 is 1.30. The van der Waals surface area contributed by atoms with E-state index in [1.54, 1.807) is 6.07 Å². The van der Waals surface area contributed by atoms with Gasteiger partial charge in [-0.3, -0.25) is 20.8 Å². The Bertz CT molecular complexity index is 650. The van der Waals surface area contributed by atoms with Gasteiger partial charge in [-0.1, -0.05) is 0 Å². The molecule has 0 saturated carbocycles. The Hall–Kier alpha value is -2.94. The standard InChI is InChI=1S/C10H10N6O3/c11-10(17)9-1-2-15(14-9)7-3-6(13-12)4-8(5-7)16(18)19/h1-5,13H,12H2,(H2,11,17). The summed E-state index contributed by atoms with van der Waals surface area (Å²) >= 11 is 0. The van der Waals surface area contributed by atoms with Crippen LogP contribution in [-0.4, -0.2) is 20.6 Å². The smallest absolute Gasteiger partial charge is 0.273 e. The fraction of sp³-hybridized carbons (Fsp3) is 0. The molecule has 9 nitrogen and oxygen atoms in total. The monoisotopic (exact) mass is 262 g/mol. The Morgan fingerprint density at radius 1 is 1.42 bits per heavy atom. The Morgan fingerprint density at radius 3 is 2.68 bits per heavy atom. The Kier molecular flexibility index (Phi) is 3.12. The van der Waals surface area contributed by atoms with Crippen LogP contribution in [0.2, 0.25) is 0 Å². The van der Waals surface area contributed by atoms with Crippen LogP contribution in [0.4, 0.5) is 11.4 Å². The Balaban J connectivity index is 2.50. The van der Waals surface area contributed by atoms with Crippen molar-refractivity contribution in [3.05, 3.63) is 46.3 Å². The van der Waals surface area contributed by atoms with Gasteiger partial charge in [0.2, 0.25) is 0 Å². The number of carbonyl (C=O) groups excluding carboxylic acids is 1. The highest BCUT2D eigenvalue weighted by Gasteiger charge is 2.12. The Morgan fingerprint density at radius 2 is 2.16 bits per heavy atom. The summed E-state index contributed by atoms with van der Waals surface area (Å²) in [6.07, 6.45) is 1.47. The highest BCUT2D eigenvalue weighted by atomic mass is 16.6. The largest absolute Gasteiger partial charge is 0.364 e. The van der Waals surface area contributed by atoms with Crippen LogP contribution in [0.3, 0.4) is 0 Å². The number of carbonyl (C=O) groups is 1. The lowest BCUT2D eigenvalue weighted by Gasteiger charge is -2.05. The third-order valence-electron chi connectivity index (χ3n) is 2.39. The zero-order valence-electron chi connectivity index (χ0n) is 9.61. The van der Waals surface area contributed by atoms with Gasteiger partial charge in [0, 0.05) is 18.3 Å². The van der Waals surface area contributed by atoms with Crippen LogP contribution in [0.15, 0.2) is 30.5 Å². The third kappa shape index (κ3) is 2.50. The molecule has 19 heavy (non-hydrogen) atoms. The van der Waals surface area contributed by atoms with Gasteiger partial charge >= 0.3 is 0 Å². The number of non-ortho nitro benzene ring substituents is 1. The van der Waals surface area contributed by atoms with Crippen molar-refractivity contribution in [1.29, 1.82) is 0 Å². The van der Waals surface area contributed by atoms with Crippen LogP contribution in [0.25, 0.3) is 5.69 Å². The van der Waals surface area contributed by atoms with Crippen molar-refractivity contribution in [3.8, 4) is 5.69 Å². The van der Waals surface area contributed by atoms with Crippen LogP contribution in [0, 0.1) is 10.1 Å². The van der Waals surface area contributed by atoms with Crippen LogP contribution in [0.1, 0.15) is 10.5 Å². The number of aromatic nitrogens is 2. The molecule has 0 aliphatic rings. The second-order valence-corrected chi connectivity index (χ2v) is 3.65. The number of hydrogen-bond acceptors (Lipinski definition) is 6. The van der Waals surface area contributed by atoms with Crippen molar-refractivity contribution in [2.75, 3.05) is 5.43 Å². The molecule has 0 radical (unpaired) electrons. The molecule has 1 aromatic carbocycles.